The molecule has 0 spiro atoms. The minimum absolute atomic E-state index is 0.0485. The highest BCUT2D eigenvalue weighted by Crippen LogP contribution is 2.24. The van der Waals surface area contributed by atoms with E-state index in [1.165, 1.54) is 11.8 Å². The van der Waals surface area contributed by atoms with Crippen LogP contribution in [0.4, 0.5) is 10.5 Å². The molecular weight excluding hydrogens is 288 g/mol. The molecule has 1 amide bonds. The highest BCUT2D eigenvalue weighted by Gasteiger charge is 2.32. The number of nitriles is 1. The number of cyclic esters (lactones) is 1. The Morgan fingerprint density at radius 3 is 2.82 bits per heavy atom. The fourth-order valence-electron chi connectivity index (χ4n) is 1.97. The smallest absolute Gasteiger partial charge is 0.414 e. The van der Waals surface area contributed by atoms with Gasteiger partial charge < -0.3 is 14.2 Å². The minimum Gasteiger partial charge on any atom is -0.493 e. The lowest BCUT2D eigenvalue weighted by molar-refractivity contribution is -0.143. The summed E-state index contributed by atoms with van der Waals surface area (Å²) >= 11 is 0. The Kier molecular flexibility index (Phi) is 5.20. The molecule has 7 heteroatoms. The fraction of sp³-hybridized carbons (Fsp3) is 0.400. The van der Waals surface area contributed by atoms with Gasteiger partial charge in [-0.25, -0.2) is 4.79 Å². The zero-order chi connectivity index (χ0) is 15.9. The lowest BCUT2D eigenvalue weighted by atomic mass is 10.2. The van der Waals surface area contributed by atoms with Crippen LogP contribution in [0, 0.1) is 11.3 Å². The number of ether oxygens (including phenoxy) is 3. The normalized spacial score (nSPS) is 16.8. The van der Waals surface area contributed by atoms with Crippen molar-refractivity contribution in [3.05, 3.63) is 24.3 Å². The second-order valence-corrected chi connectivity index (χ2v) is 4.67. The standard InChI is InChI=1S/C15H16N2O5/c1-11(18)21-10-14-9-17(15(19)22-14)12-3-5-13(6-4-12)20-8-2-7-16/h3-6,14H,2,8-10H2,1H3. The van der Waals surface area contributed by atoms with Crippen LogP contribution in [-0.4, -0.2) is 37.9 Å². The summed E-state index contributed by atoms with van der Waals surface area (Å²) in [5, 5.41) is 8.44. The Morgan fingerprint density at radius 2 is 2.18 bits per heavy atom. The molecule has 0 aliphatic carbocycles. The van der Waals surface area contributed by atoms with Gasteiger partial charge in [0.05, 0.1) is 19.0 Å². The molecule has 1 unspecified atom stereocenters. The Hall–Kier alpha value is -2.75. The summed E-state index contributed by atoms with van der Waals surface area (Å²) in [6.45, 7) is 2.00. The maximum Gasteiger partial charge on any atom is 0.414 e. The van der Waals surface area contributed by atoms with Crippen LogP contribution < -0.4 is 9.64 Å². The second kappa shape index (κ2) is 7.31. The molecule has 1 aliphatic heterocycles. The Labute approximate surface area is 128 Å². The van der Waals surface area contributed by atoms with Crippen LogP contribution in [0.1, 0.15) is 13.3 Å². The average molecular weight is 304 g/mol. The molecule has 0 bridgehead atoms. The third-order valence-electron chi connectivity index (χ3n) is 2.98. The number of hydrogen-bond donors (Lipinski definition) is 0. The van der Waals surface area contributed by atoms with E-state index in [1.807, 2.05) is 6.07 Å². The van der Waals surface area contributed by atoms with Gasteiger partial charge in [-0.3, -0.25) is 9.69 Å². The van der Waals surface area contributed by atoms with Crippen molar-refractivity contribution in [2.45, 2.75) is 19.4 Å². The van der Waals surface area contributed by atoms with E-state index in [0.29, 0.717) is 31.0 Å². The van der Waals surface area contributed by atoms with E-state index in [0.717, 1.165) is 0 Å². The van der Waals surface area contributed by atoms with Gasteiger partial charge in [-0.15, -0.1) is 0 Å². The Balaban J connectivity index is 1.92. The number of carbonyl (C=O) groups is 2. The molecule has 22 heavy (non-hydrogen) atoms. The van der Waals surface area contributed by atoms with E-state index in [9.17, 15) is 9.59 Å². The predicted molar refractivity (Wildman–Crippen MR) is 76.4 cm³/mol. The van der Waals surface area contributed by atoms with Gasteiger partial charge in [0.2, 0.25) is 0 Å². The summed E-state index contributed by atoms with van der Waals surface area (Å²) in [5.74, 6) is 0.219. The Morgan fingerprint density at radius 1 is 1.45 bits per heavy atom. The largest absolute Gasteiger partial charge is 0.493 e. The van der Waals surface area contributed by atoms with Crippen molar-refractivity contribution in [3.63, 3.8) is 0 Å². The number of rotatable bonds is 6. The van der Waals surface area contributed by atoms with Crippen LogP contribution in [-0.2, 0) is 14.3 Å². The van der Waals surface area contributed by atoms with Crippen molar-refractivity contribution >= 4 is 17.7 Å². The first-order chi connectivity index (χ1) is 10.6. The highest BCUT2D eigenvalue weighted by molar-refractivity contribution is 5.89. The van der Waals surface area contributed by atoms with E-state index < -0.39 is 18.2 Å². The number of anilines is 1. The summed E-state index contributed by atoms with van der Waals surface area (Å²) in [6, 6.07) is 8.90. The molecular formula is C15H16N2O5. The lowest BCUT2D eigenvalue weighted by Gasteiger charge is -2.13. The molecule has 2 rings (SSSR count). The first kappa shape index (κ1) is 15.6. The van der Waals surface area contributed by atoms with Crippen molar-refractivity contribution in [2.24, 2.45) is 0 Å². The SMILES string of the molecule is CC(=O)OCC1CN(c2ccc(OCCC#N)cc2)C(=O)O1. The minimum atomic E-state index is -0.477. The van der Waals surface area contributed by atoms with Gasteiger partial charge in [0.15, 0.2) is 6.10 Å². The molecule has 1 atom stereocenters. The second-order valence-electron chi connectivity index (χ2n) is 4.67. The van der Waals surface area contributed by atoms with Gasteiger partial charge in [0.25, 0.3) is 0 Å². The fourth-order valence-corrected chi connectivity index (χ4v) is 1.97. The number of amides is 1. The van der Waals surface area contributed by atoms with Crippen molar-refractivity contribution in [3.8, 4) is 11.8 Å². The quantitative estimate of drug-likeness (QED) is 0.589. The summed E-state index contributed by atoms with van der Waals surface area (Å²) in [4.78, 5) is 24.1. The topological polar surface area (TPSA) is 88.9 Å². The molecule has 0 saturated carbocycles. The molecule has 0 N–H and O–H groups in total. The van der Waals surface area contributed by atoms with Crippen molar-refractivity contribution < 1.29 is 23.8 Å². The predicted octanol–water partition coefficient (Wildman–Crippen LogP) is 1.87. The van der Waals surface area contributed by atoms with Crippen molar-refractivity contribution in [1.82, 2.24) is 0 Å². The number of benzene rings is 1. The van der Waals surface area contributed by atoms with E-state index in [4.69, 9.17) is 19.5 Å². The van der Waals surface area contributed by atoms with Crippen LogP contribution in [0.3, 0.4) is 0 Å². The zero-order valence-corrected chi connectivity index (χ0v) is 12.2. The third kappa shape index (κ3) is 4.12. The number of esters is 1. The molecule has 1 aromatic rings. The summed E-state index contributed by atoms with van der Waals surface area (Å²) < 4.78 is 15.3. The molecule has 7 nitrogen and oxygen atoms in total. The molecule has 0 radical (unpaired) electrons. The van der Waals surface area contributed by atoms with Gasteiger partial charge in [-0.2, -0.15) is 5.26 Å². The van der Waals surface area contributed by atoms with Gasteiger partial charge in [-0.05, 0) is 24.3 Å². The molecule has 1 heterocycles. The molecule has 1 fully saturated rings. The van der Waals surface area contributed by atoms with E-state index in [1.54, 1.807) is 24.3 Å². The van der Waals surface area contributed by atoms with Crippen LogP contribution >= 0.6 is 0 Å². The van der Waals surface area contributed by atoms with Gasteiger partial charge in [0, 0.05) is 12.6 Å². The third-order valence-corrected chi connectivity index (χ3v) is 2.98. The zero-order valence-electron chi connectivity index (χ0n) is 12.2. The van der Waals surface area contributed by atoms with E-state index >= 15 is 0 Å². The van der Waals surface area contributed by atoms with Gasteiger partial charge >= 0.3 is 12.1 Å². The van der Waals surface area contributed by atoms with Crippen molar-refractivity contribution in [2.75, 3.05) is 24.7 Å². The van der Waals surface area contributed by atoms with E-state index in [2.05, 4.69) is 0 Å². The molecule has 0 aromatic heterocycles. The maximum absolute atomic E-state index is 11.8. The summed E-state index contributed by atoms with van der Waals surface area (Å²) in [5.41, 5.74) is 0.669. The molecule has 1 saturated heterocycles. The molecule has 1 aliphatic rings. The average Bonchev–Trinajstić information content (AvgIpc) is 2.87. The van der Waals surface area contributed by atoms with Crippen LogP contribution in [0.15, 0.2) is 24.3 Å². The molecule has 116 valence electrons. The number of nitrogens with zero attached hydrogens (tertiary/aromatic N) is 2. The van der Waals surface area contributed by atoms with Crippen LogP contribution in [0.5, 0.6) is 5.75 Å². The monoisotopic (exact) mass is 304 g/mol. The van der Waals surface area contributed by atoms with Crippen molar-refractivity contribution in [1.29, 1.82) is 5.26 Å². The van der Waals surface area contributed by atoms with Gasteiger partial charge in [-0.1, -0.05) is 0 Å². The van der Waals surface area contributed by atoms with Crippen LogP contribution in [0.2, 0.25) is 0 Å². The first-order valence-electron chi connectivity index (χ1n) is 6.81. The Bertz CT molecular complexity index is 579. The number of hydrogen-bond acceptors (Lipinski definition) is 6. The first-order valence-corrected chi connectivity index (χ1v) is 6.81. The van der Waals surface area contributed by atoms with Crippen LogP contribution in [0.25, 0.3) is 0 Å². The molecule has 1 aromatic carbocycles. The highest BCUT2D eigenvalue weighted by atomic mass is 16.6. The summed E-state index contributed by atoms with van der Waals surface area (Å²) in [7, 11) is 0. The van der Waals surface area contributed by atoms with Gasteiger partial charge in [0.1, 0.15) is 19.0 Å². The van der Waals surface area contributed by atoms with E-state index in [-0.39, 0.29) is 6.61 Å². The number of carbonyl (C=O) groups excluding carboxylic acids is 2. The summed E-state index contributed by atoms with van der Waals surface area (Å²) in [6.07, 6.45) is -0.629. The maximum atomic E-state index is 11.8. The lowest BCUT2D eigenvalue weighted by Crippen LogP contribution is -2.26.